The molecule has 0 amide bonds. The van der Waals surface area contributed by atoms with E-state index in [1.165, 1.54) is 5.56 Å². The minimum atomic E-state index is 0.559. The number of hydrogen-bond acceptors (Lipinski definition) is 3. The van der Waals surface area contributed by atoms with E-state index in [0.29, 0.717) is 10.7 Å². The van der Waals surface area contributed by atoms with Gasteiger partial charge in [0.25, 0.3) is 0 Å². The van der Waals surface area contributed by atoms with Gasteiger partial charge in [-0.05, 0) is 58.8 Å². The van der Waals surface area contributed by atoms with Gasteiger partial charge < -0.3 is 9.72 Å². The summed E-state index contributed by atoms with van der Waals surface area (Å²) in [5, 5.41) is 0. The number of pyridine rings is 1. The second-order valence-electron chi connectivity index (χ2n) is 4.45. The zero-order valence-corrected chi connectivity index (χ0v) is 13.4. The lowest BCUT2D eigenvalue weighted by Crippen LogP contribution is -1.98. The lowest BCUT2D eigenvalue weighted by Gasteiger charge is -2.08. The van der Waals surface area contributed by atoms with Gasteiger partial charge in [-0.3, -0.25) is 4.57 Å². The number of methoxy groups -OCH3 is 1. The highest BCUT2D eigenvalue weighted by molar-refractivity contribution is 9.10. The number of hydrogen-bond donors (Lipinski definition) is 1. The summed E-state index contributed by atoms with van der Waals surface area (Å²) < 4.78 is 8.66. The standard InChI is InChI=1S/C14H12BrN3OS/c1-8-3-5-11(9(15)7-8)18-13-10(16-14(18)20)4-6-12(17-13)19-2/h3-7H,1-2H3,(H,16,20). The first kappa shape index (κ1) is 13.3. The van der Waals surface area contributed by atoms with E-state index in [9.17, 15) is 0 Å². The van der Waals surface area contributed by atoms with Crippen LogP contribution in [-0.4, -0.2) is 21.6 Å². The summed E-state index contributed by atoms with van der Waals surface area (Å²) in [6, 6.07) is 9.83. The van der Waals surface area contributed by atoms with Gasteiger partial charge in [0, 0.05) is 10.5 Å². The number of halogens is 1. The average molecular weight is 350 g/mol. The van der Waals surface area contributed by atoms with E-state index in [1.807, 2.05) is 35.8 Å². The third kappa shape index (κ3) is 2.14. The van der Waals surface area contributed by atoms with Crippen LogP contribution in [0.15, 0.2) is 34.8 Å². The van der Waals surface area contributed by atoms with Crippen molar-refractivity contribution in [3.8, 4) is 11.6 Å². The number of aromatic nitrogens is 3. The third-order valence-corrected chi connectivity index (χ3v) is 3.98. The lowest BCUT2D eigenvalue weighted by atomic mass is 10.2. The van der Waals surface area contributed by atoms with E-state index in [0.717, 1.165) is 21.3 Å². The molecule has 0 aliphatic rings. The molecule has 3 aromatic rings. The molecule has 0 atom stereocenters. The number of fused-ring (bicyclic) bond motifs is 1. The Labute approximate surface area is 129 Å². The Kier molecular flexibility index (Phi) is 3.35. The van der Waals surface area contributed by atoms with Gasteiger partial charge in [0.2, 0.25) is 5.88 Å². The molecule has 2 heterocycles. The molecule has 0 spiro atoms. The van der Waals surface area contributed by atoms with Crippen LogP contribution in [0.3, 0.4) is 0 Å². The van der Waals surface area contributed by atoms with Crippen molar-refractivity contribution in [2.75, 3.05) is 7.11 Å². The van der Waals surface area contributed by atoms with Gasteiger partial charge in [-0.15, -0.1) is 0 Å². The molecule has 4 nitrogen and oxygen atoms in total. The second kappa shape index (κ2) is 5.03. The molecule has 3 rings (SSSR count). The van der Waals surface area contributed by atoms with Crippen LogP contribution >= 0.6 is 28.1 Å². The van der Waals surface area contributed by atoms with Crippen molar-refractivity contribution < 1.29 is 4.74 Å². The number of ether oxygens (including phenoxy) is 1. The smallest absolute Gasteiger partial charge is 0.215 e. The van der Waals surface area contributed by atoms with Crippen LogP contribution in [0.5, 0.6) is 5.88 Å². The van der Waals surface area contributed by atoms with Crippen LogP contribution in [0.1, 0.15) is 5.56 Å². The normalized spacial score (nSPS) is 10.9. The van der Waals surface area contributed by atoms with E-state index in [4.69, 9.17) is 17.0 Å². The SMILES string of the molecule is COc1ccc2[nH]c(=S)n(-c3ccc(C)cc3Br)c2n1. The summed E-state index contributed by atoms with van der Waals surface area (Å²) >= 11 is 9.00. The van der Waals surface area contributed by atoms with Crippen molar-refractivity contribution in [2.24, 2.45) is 0 Å². The van der Waals surface area contributed by atoms with Crippen molar-refractivity contribution in [1.29, 1.82) is 0 Å². The fraction of sp³-hybridized carbons (Fsp3) is 0.143. The minimum absolute atomic E-state index is 0.559. The summed E-state index contributed by atoms with van der Waals surface area (Å²) in [5.74, 6) is 0.559. The van der Waals surface area contributed by atoms with Gasteiger partial charge in [0.15, 0.2) is 10.4 Å². The average Bonchev–Trinajstić information content (AvgIpc) is 2.74. The number of H-pyrrole nitrogens is 1. The summed E-state index contributed by atoms with van der Waals surface area (Å²) in [6.07, 6.45) is 0. The van der Waals surface area contributed by atoms with Gasteiger partial charge in [0.05, 0.1) is 18.3 Å². The predicted octanol–water partition coefficient (Wildman–Crippen LogP) is 4.16. The number of aryl methyl sites for hydroxylation is 1. The Hall–Kier alpha value is -1.66. The van der Waals surface area contributed by atoms with Crippen molar-refractivity contribution in [1.82, 2.24) is 14.5 Å². The third-order valence-electron chi connectivity index (χ3n) is 3.06. The van der Waals surface area contributed by atoms with Crippen molar-refractivity contribution >= 4 is 39.3 Å². The molecule has 0 saturated heterocycles. The predicted molar refractivity (Wildman–Crippen MR) is 85.2 cm³/mol. The molecule has 102 valence electrons. The lowest BCUT2D eigenvalue weighted by molar-refractivity contribution is 0.399. The van der Waals surface area contributed by atoms with Gasteiger partial charge in [0.1, 0.15) is 0 Å². The van der Waals surface area contributed by atoms with Crippen LogP contribution in [-0.2, 0) is 0 Å². The number of imidazole rings is 1. The molecule has 0 saturated carbocycles. The van der Waals surface area contributed by atoms with Crippen LogP contribution in [0.4, 0.5) is 0 Å². The molecule has 0 aliphatic heterocycles. The number of rotatable bonds is 2. The molecule has 20 heavy (non-hydrogen) atoms. The summed E-state index contributed by atoms with van der Waals surface area (Å²) in [6.45, 7) is 2.05. The van der Waals surface area contributed by atoms with Crippen LogP contribution < -0.4 is 4.74 Å². The first-order chi connectivity index (χ1) is 9.60. The molecule has 0 aliphatic carbocycles. The maximum Gasteiger partial charge on any atom is 0.215 e. The molecule has 0 radical (unpaired) electrons. The Morgan fingerprint density at radius 2 is 2.10 bits per heavy atom. The van der Waals surface area contributed by atoms with Crippen molar-refractivity contribution in [3.05, 3.63) is 45.1 Å². The maximum absolute atomic E-state index is 5.41. The summed E-state index contributed by atoms with van der Waals surface area (Å²) in [5.41, 5.74) is 3.76. The molecular weight excluding hydrogens is 338 g/mol. The van der Waals surface area contributed by atoms with E-state index in [2.05, 4.69) is 32.0 Å². The Morgan fingerprint density at radius 3 is 2.80 bits per heavy atom. The monoisotopic (exact) mass is 349 g/mol. The van der Waals surface area contributed by atoms with E-state index < -0.39 is 0 Å². The number of nitrogens with one attached hydrogen (secondary N) is 1. The van der Waals surface area contributed by atoms with Crippen molar-refractivity contribution in [2.45, 2.75) is 6.92 Å². The Bertz CT molecular complexity index is 853. The van der Waals surface area contributed by atoms with E-state index in [1.54, 1.807) is 7.11 Å². The zero-order valence-electron chi connectivity index (χ0n) is 11.0. The highest BCUT2D eigenvalue weighted by Gasteiger charge is 2.11. The highest BCUT2D eigenvalue weighted by Crippen LogP contribution is 2.27. The fourth-order valence-corrected chi connectivity index (χ4v) is 3.06. The van der Waals surface area contributed by atoms with Crippen molar-refractivity contribution in [3.63, 3.8) is 0 Å². The molecule has 1 aromatic carbocycles. The minimum Gasteiger partial charge on any atom is -0.481 e. The molecular formula is C14H12BrN3OS. The second-order valence-corrected chi connectivity index (χ2v) is 5.69. The Morgan fingerprint density at radius 1 is 1.30 bits per heavy atom. The van der Waals surface area contributed by atoms with Crippen LogP contribution in [0.2, 0.25) is 0 Å². The van der Waals surface area contributed by atoms with E-state index in [-0.39, 0.29) is 0 Å². The van der Waals surface area contributed by atoms with Crippen LogP contribution in [0.25, 0.3) is 16.9 Å². The first-order valence-corrected chi connectivity index (χ1v) is 7.22. The molecule has 0 fully saturated rings. The summed E-state index contributed by atoms with van der Waals surface area (Å²) in [4.78, 5) is 7.63. The van der Waals surface area contributed by atoms with Crippen LogP contribution in [0, 0.1) is 11.7 Å². The van der Waals surface area contributed by atoms with Gasteiger partial charge in [-0.1, -0.05) is 6.07 Å². The molecule has 6 heteroatoms. The van der Waals surface area contributed by atoms with Gasteiger partial charge >= 0.3 is 0 Å². The maximum atomic E-state index is 5.41. The number of nitrogens with zero attached hydrogens (tertiary/aromatic N) is 2. The molecule has 2 aromatic heterocycles. The molecule has 1 N–H and O–H groups in total. The Balaban J connectivity index is 2.34. The van der Waals surface area contributed by atoms with Gasteiger partial charge in [-0.2, -0.15) is 4.98 Å². The zero-order chi connectivity index (χ0) is 14.3. The van der Waals surface area contributed by atoms with Gasteiger partial charge in [-0.25, -0.2) is 0 Å². The van der Waals surface area contributed by atoms with E-state index >= 15 is 0 Å². The topological polar surface area (TPSA) is 42.8 Å². The summed E-state index contributed by atoms with van der Waals surface area (Å²) in [7, 11) is 1.60. The number of benzene rings is 1. The molecule has 0 bridgehead atoms. The quantitative estimate of drug-likeness (QED) is 0.706. The fourth-order valence-electron chi connectivity index (χ4n) is 2.10. The molecule has 0 unspecified atom stereocenters. The first-order valence-electron chi connectivity index (χ1n) is 6.02. The highest BCUT2D eigenvalue weighted by atomic mass is 79.9. The largest absolute Gasteiger partial charge is 0.481 e. The number of aromatic amines is 1.